The molecule has 7 aromatic rings. The minimum absolute atomic E-state index is 0.817. The fourth-order valence-corrected chi connectivity index (χ4v) is 9.41. The lowest BCUT2D eigenvalue weighted by atomic mass is 10.0. The molecule has 0 fully saturated rings. The second kappa shape index (κ2) is 14.4. The minimum Gasteiger partial charge on any atom is -0.248 e. The predicted octanol–water partition coefficient (Wildman–Crippen LogP) is 12.7. The third-order valence-electron chi connectivity index (χ3n) is 9.86. The van der Waals surface area contributed by atoms with Crippen LogP contribution in [-0.4, -0.2) is 9.97 Å². The number of thiophene rings is 2. The van der Waals surface area contributed by atoms with Crippen LogP contribution in [0.1, 0.15) is 45.0 Å². The smallest absolute Gasteiger partial charge is 0.0730 e. The van der Waals surface area contributed by atoms with Crippen molar-refractivity contribution in [2.24, 2.45) is 0 Å². The first kappa shape index (κ1) is 34.3. The molecule has 4 aromatic carbocycles. The van der Waals surface area contributed by atoms with E-state index in [2.05, 4.69) is 121 Å². The van der Waals surface area contributed by atoms with Crippen molar-refractivity contribution in [3.8, 4) is 93.9 Å². The van der Waals surface area contributed by atoms with E-state index in [0.717, 1.165) is 108 Å². The Balaban J connectivity index is 1.45. The number of hydrogen-bond acceptors (Lipinski definition) is 4. The lowest BCUT2D eigenvalue weighted by molar-refractivity contribution is 1.33. The number of fused-ring (bicyclic) bond motifs is 8. The van der Waals surface area contributed by atoms with Crippen LogP contribution in [0.2, 0.25) is 0 Å². The van der Waals surface area contributed by atoms with Gasteiger partial charge in [-0.3, -0.25) is 0 Å². The molecule has 0 saturated heterocycles. The molecule has 0 atom stereocenters. The van der Waals surface area contributed by atoms with Gasteiger partial charge in [-0.15, -0.1) is 48.4 Å². The number of hydrogen-bond donors (Lipinski definition) is 0. The van der Waals surface area contributed by atoms with Gasteiger partial charge < -0.3 is 0 Å². The highest BCUT2D eigenvalue weighted by atomic mass is 32.1. The molecule has 5 heterocycles. The zero-order valence-corrected chi connectivity index (χ0v) is 31.5. The second-order valence-corrected chi connectivity index (χ2v) is 15.3. The van der Waals surface area contributed by atoms with Gasteiger partial charge in [-0.25, -0.2) is 9.97 Å². The van der Waals surface area contributed by atoms with Gasteiger partial charge in [0, 0.05) is 63.3 Å². The zero-order valence-electron chi connectivity index (χ0n) is 29.9. The Kier molecular flexibility index (Phi) is 8.84. The summed E-state index contributed by atoms with van der Waals surface area (Å²) in [6.07, 6.45) is 31.5. The van der Waals surface area contributed by atoms with Crippen molar-refractivity contribution in [3.05, 3.63) is 166 Å². The summed E-state index contributed by atoms with van der Waals surface area (Å²) < 4.78 is 4.26. The lowest BCUT2D eigenvalue weighted by Gasteiger charge is -2.07. The number of benzene rings is 4. The highest BCUT2D eigenvalue weighted by molar-refractivity contribution is 7.24. The summed E-state index contributed by atoms with van der Waals surface area (Å²) in [6, 6.07) is 41.1. The van der Waals surface area contributed by atoms with Gasteiger partial charge in [-0.05, 0) is 119 Å². The van der Waals surface area contributed by atoms with Gasteiger partial charge in [-0.1, -0.05) is 72.2 Å². The Morgan fingerprint density at radius 3 is 0.714 bits per heavy atom. The van der Waals surface area contributed by atoms with E-state index in [-0.39, 0.29) is 0 Å². The fraction of sp³-hybridized carbons (Fsp3) is 0. The Morgan fingerprint density at radius 1 is 0.304 bits per heavy atom. The molecule has 0 unspecified atom stereocenters. The molecular weight excluding hydrogens is 717 g/mol. The quantitative estimate of drug-likeness (QED) is 0.168. The maximum Gasteiger partial charge on any atom is 0.0730 e. The van der Waals surface area contributed by atoms with Crippen LogP contribution in [0.15, 0.2) is 121 Å². The van der Waals surface area contributed by atoms with Crippen molar-refractivity contribution in [3.63, 3.8) is 0 Å². The molecule has 2 aliphatic rings. The van der Waals surface area contributed by atoms with E-state index >= 15 is 0 Å². The molecule has 258 valence electrons. The molecule has 9 rings (SSSR count). The Morgan fingerprint density at radius 2 is 0.518 bits per heavy atom. The fourth-order valence-electron chi connectivity index (χ4n) is 7.09. The average Bonchev–Trinajstić information content (AvgIpc) is 4.10. The SMILES string of the molecule is C#Cc1ccc(-c2c3nc(c(-c4ccc(C#C)cc4)c4ccc(s4)c(-c4ccc(C#C)cc4)c4nc(c(-c5ccc(C#C)cc5)c5ccc2s5)C=C4)C=C3)cc1. The largest absolute Gasteiger partial charge is 0.248 e. The van der Waals surface area contributed by atoms with Gasteiger partial charge in [0.05, 0.1) is 22.8 Å². The van der Waals surface area contributed by atoms with E-state index in [1.807, 2.05) is 48.5 Å². The Bertz CT molecular complexity index is 2700. The number of rotatable bonds is 4. The summed E-state index contributed by atoms with van der Waals surface area (Å²) in [7, 11) is 0. The monoisotopic (exact) mass is 744 g/mol. The van der Waals surface area contributed by atoms with Gasteiger partial charge in [0.15, 0.2) is 0 Å². The van der Waals surface area contributed by atoms with E-state index in [1.165, 1.54) is 0 Å². The third kappa shape index (κ3) is 6.23. The zero-order chi connectivity index (χ0) is 38.2. The van der Waals surface area contributed by atoms with Crippen molar-refractivity contribution in [2.45, 2.75) is 0 Å². The molecule has 0 spiro atoms. The van der Waals surface area contributed by atoms with Crippen LogP contribution in [-0.2, 0) is 0 Å². The molecule has 2 nitrogen and oxygen atoms in total. The van der Waals surface area contributed by atoms with Crippen molar-refractivity contribution >= 4 is 65.8 Å². The summed E-state index contributed by atoms with van der Waals surface area (Å²) in [5.74, 6) is 11.0. The molecule has 56 heavy (non-hydrogen) atoms. The molecule has 2 aliphatic heterocycles. The third-order valence-corrected chi connectivity index (χ3v) is 12.1. The Labute approximate surface area is 334 Å². The highest BCUT2D eigenvalue weighted by Crippen LogP contribution is 2.43. The van der Waals surface area contributed by atoms with Gasteiger partial charge in [0.2, 0.25) is 0 Å². The van der Waals surface area contributed by atoms with E-state index in [4.69, 9.17) is 35.7 Å². The number of aromatic nitrogens is 2. The maximum absolute atomic E-state index is 5.77. The standard InChI is InChI=1S/C52H28N2S2/c1-5-33-9-17-37(18-10-33)49-41-25-26-42(53-41)50(38-19-11-34(6-2)12-20-38)47-31-32-48(56-47)52(40-23-15-36(8-4)16-24-40)44-28-27-43(54-44)51(46-30-29-45(49)55-46)39-21-13-35(7-3)14-22-39/h1-4,9-32H. The van der Waals surface area contributed by atoms with Crippen LogP contribution in [0, 0.1) is 49.4 Å². The lowest BCUT2D eigenvalue weighted by Crippen LogP contribution is -1.87. The van der Waals surface area contributed by atoms with Gasteiger partial charge in [0.1, 0.15) is 0 Å². The van der Waals surface area contributed by atoms with Crippen LogP contribution in [0.25, 0.3) is 87.6 Å². The summed E-state index contributed by atoms with van der Waals surface area (Å²) in [6.45, 7) is 0. The van der Waals surface area contributed by atoms with E-state index in [0.29, 0.717) is 0 Å². The summed E-state index contributed by atoms with van der Waals surface area (Å²) >= 11 is 3.41. The topological polar surface area (TPSA) is 25.8 Å². The molecule has 0 aliphatic carbocycles. The van der Waals surface area contributed by atoms with Gasteiger partial charge >= 0.3 is 0 Å². The summed E-state index contributed by atoms with van der Waals surface area (Å²) in [4.78, 5) is 10.8. The molecule has 8 bridgehead atoms. The van der Waals surface area contributed by atoms with Gasteiger partial charge in [0.25, 0.3) is 0 Å². The molecule has 4 heteroatoms. The molecule has 0 amide bonds. The van der Waals surface area contributed by atoms with E-state index < -0.39 is 0 Å². The van der Waals surface area contributed by atoms with Crippen LogP contribution >= 0.6 is 22.7 Å². The van der Waals surface area contributed by atoms with Crippen LogP contribution < -0.4 is 0 Å². The van der Waals surface area contributed by atoms with Crippen molar-refractivity contribution in [1.29, 1.82) is 0 Å². The average molecular weight is 745 g/mol. The van der Waals surface area contributed by atoms with Crippen LogP contribution in [0.5, 0.6) is 0 Å². The molecule has 0 saturated carbocycles. The normalized spacial score (nSPS) is 11.4. The number of terminal acetylenes is 4. The van der Waals surface area contributed by atoms with Crippen molar-refractivity contribution in [1.82, 2.24) is 9.97 Å². The van der Waals surface area contributed by atoms with Crippen LogP contribution in [0.3, 0.4) is 0 Å². The summed E-state index contributed by atoms with van der Waals surface area (Å²) in [5, 5.41) is 0. The van der Waals surface area contributed by atoms with Crippen molar-refractivity contribution in [2.75, 3.05) is 0 Å². The molecule has 0 radical (unpaired) electrons. The first-order valence-electron chi connectivity index (χ1n) is 17.8. The maximum atomic E-state index is 5.77. The summed E-state index contributed by atoms with van der Waals surface area (Å²) in [5.41, 5.74) is 14.8. The predicted molar refractivity (Wildman–Crippen MR) is 239 cm³/mol. The van der Waals surface area contributed by atoms with E-state index in [1.54, 1.807) is 22.7 Å². The molecule has 0 N–H and O–H groups in total. The second-order valence-electron chi connectivity index (χ2n) is 13.1. The van der Waals surface area contributed by atoms with Gasteiger partial charge in [-0.2, -0.15) is 0 Å². The van der Waals surface area contributed by atoms with Crippen LogP contribution in [0.4, 0.5) is 0 Å². The highest BCUT2D eigenvalue weighted by Gasteiger charge is 2.19. The number of nitrogens with zero attached hydrogens (tertiary/aromatic N) is 2. The Hall–Kier alpha value is -7.44. The molecular formula is C52H28N2S2. The van der Waals surface area contributed by atoms with Crippen molar-refractivity contribution < 1.29 is 0 Å². The first-order chi connectivity index (χ1) is 27.5. The first-order valence-corrected chi connectivity index (χ1v) is 19.4. The van der Waals surface area contributed by atoms with E-state index in [9.17, 15) is 0 Å². The molecule has 3 aromatic heterocycles. The minimum atomic E-state index is 0.817.